The molecule has 0 aromatic carbocycles. The van der Waals surface area contributed by atoms with Gasteiger partial charge in [0.25, 0.3) is 10.2 Å². The molecule has 0 unspecified atom stereocenters. The fourth-order valence-electron chi connectivity index (χ4n) is 0. The van der Waals surface area contributed by atoms with Gasteiger partial charge in [-0.05, 0) is 0 Å². The third-order valence-electron chi connectivity index (χ3n) is 0. The normalized spacial score (nSPS) is 9.67. The highest BCUT2D eigenvalue weighted by atomic mass is 32.2. The molecule has 4 N–H and O–H groups in total. The number of nitrogens with two attached hydrogens (primary N) is 2. The van der Waals surface area contributed by atoms with E-state index < -0.39 is 10.2 Å². The average Bonchev–Trinajstić information content (AvgIpc) is 0.722. The van der Waals surface area contributed by atoms with Gasteiger partial charge in [0.15, 0.2) is 0 Å². The lowest BCUT2D eigenvalue weighted by molar-refractivity contribution is 0.599. The Hall–Kier alpha value is 0.220. The van der Waals surface area contributed by atoms with Gasteiger partial charge in [-0.3, -0.25) is 0 Å². The topological polar surface area (TPSA) is 86.2 Å². The third kappa shape index (κ3) is 904. The van der Waals surface area contributed by atoms with Gasteiger partial charge in [0.05, 0.1) is 0 Å². The van der Waals surface area contributed by atoms with Crippen molar-refractivity contribution in [2.75, 3.05) is 0 Å². The second-order valence-electron chi connectivity index (χ2n) is 0.589. The Kier molecular flexibility index (Phi) is 3.81. The zero-order chi connectivity index (χ0) is 4.50. The van der Waals surface area contributed by atoms with E-state index in [4.69, 9.17) is 0 Å². The van der Waals surface area contributed by atoms with Crippen LogP contribution in [-0.4, -0.2) is 8.42 Å². The molecular formula is H6N2O2S2. The highest BCUT2D eigenvalue weighted by Gasteiger charge is 1.78. The van der Waals surface area contributed by atoms with E-state index in [1.807, 2.05) is 0 Å². The lowest BCUT2D eigenvalue weighted by atomic mass is 13.9. The molecule has 4 nitrogen and oxygen atoms in total. The maximum absolute atomic E-state index is 9.19. The molecule has 0 aromatic rings. The molecular weight excluding hydrogens is 124 g/mol. The molecule has 6 heteroatoms. The van der Waals surface area contributed by atoms with Crippen molar-refractivity contribution in [2.24, 2.45) is 10.3 Å². The Bertz CT molecular complexity index is 92.7. The number of hydrogen-bond donors (Lipinski definition) is 2. The van der Waals surface area contributed by atoms with E-state index in [0.29, 0.717) is 0 Å². The first-order valence-corrected chi connectivity index (χ1v) is 2.41. The Labute approximate surface area is 43.1 Å². The maximum atomic E-state index is 9.19. The third-order valence-corrected chi connectivity index (χ3v) is 0. The van der Waals surface area contributed by atoms with Crippen molar-refractivity contribution in [3.05, 3.63) is 0 Å². The standard InChI is InChI=1S/H4N2O2S.H2S/c1-5(2,3)4;/h(H4,1,2,3,4);1H2. The van der Waals surface area contributed by atoms with Gasteiger partial charge in [-0.1, -0.05) is 0 Å². The smallest absolute Gasteiger partial charge is 0.216 e. The average molecular weight is 130 g/mol. The Morgan fingerprint density at radius 2 is 1.17 bits per heavy atom. The van der Waals surface area contributed by atoms with Crippen molar-refractivity contribution in [3.63, 3.8) is 0 Å². The fraction of sp³-hybridized carbons (Fsp3) is 0. The van der Waals surface area contributed by atoms with Gasteiger partial charge >= 0.3 is 0 Å². The summed E-state index contributed by atoms with van der Waals surface area (Å²) in [6.07, 6.45) is 0. The molecule has 0 aromatic heterocycles. The molecule has 0 rings (SSSR count). The van der Waals surface area contributed by atoms with Crippen LogP contribution in [0.5, 0.6) is 0 Å². The monoisotopic (exact) mass is 130 g/mol. The molecule has 0 aliphatic rings. The van der Waals surface area contributed by atoms with E-state index in [2.05, 4.69) is 10.3 Å². The van der Waals surface area contributed by atoms with Crippen LogP contribution in [0.25, 0.3) is 0 Å². The lowest BCUT2D eigenvalue weighted by Crippen LogP contribution is -2.21. The molecule has 6 heavy (non-hydrogen) atoms. The Morgan fingerprint density at radius 1 is 1.17 bits per heavy atom. The van der Waals surface area contributed by atoms with Crippen LogP contribution in [-0.2, 0) is 10.2 Å². The minimum absolute atomic E-state index is 0. The summed E-state index contributed by atoms with van der Waals surface area (Å²) in [5.41, 5.74) is 0. The first-order chi connectivity index (χ1) is 2.00. The summed E-state index contributed by atoms with van der Waals surface area (Å²) >= 11 is 0. The van der Waals surface area contributed by atoms with E-state index in [0.717, 1.165) is 0 Å². The fourth-order valence-corrected chi connectivity index (χ4v) is 0. The maximum Gasteiger partial charge on any atom is 0.271 e. The minimum Gasteiger partial charge on any atom is -0.216 e. The summed E-state index contributed by atoms with van der Waals surface area (Å²) in [6, 6.07) is 0. The number of rotatable bonds is 0. The SMILES string of the molecule is NS(N)(=O)=O.S. The second-order valence-corrected chi connectivity index (χ2v) is 1.77. The molecule has 0 bridgehead atoms. The molecule has 0 spiro atoms. The van der Waals surface area contributed by atoms with Gasteiger partial charge in [-0.25, -0.2) is 10.3 Å². The first kappa shape index (κ1) is 9.52. The first-order valence-electron chi connectivity index (χ1n) is 0.805. The molecule has 0 aliphatic heterocycles. The van der Waals surface area contributed by atoms with E-state index in [1.165, 1.54) is 0 Å². The molecule has 0 saturated carbocycles. The van der Waals surface area contributed by atoms with Crippen molar-refractivity contribution in [3.8, 4) is 0 Å². The van der Waals surface area contributed by atoms with Gasteiger partial charge in [0.2, 0.25) is 0 Å². The molecule has 40 valence electrons. The minimum atomic E-state index is -3.67. The van der Waals surface area contributed by atoms with Crippen LogP contribution >= 0.6 is 13.5 Å². The predicted molar refractivity (Wildman–Crippen MR) is 27.7 cm³/mol. The Balaban J connectivity index is 0. The molecule has 0 saturated heterocycles. The predicted octanol–water partition coefficient (Wildman–Crippen LogP) is -1.74. The summed E-state index contributed by atoms with van der Waals surface area (Å²) in [4.78, 5) is 0. The Morgan fingerprint density at radius 3 is 1.17 bits per heavy atom. The van der Waals surface area contributed by atoms with Crippen molar-refractivity contribution >= 4 is 23.7 Å². The van der Waals surface area contributed by atoms with Gasteiger partial charge < -0.3 is 0 Å². The highest BCUT2D eigenvalue weighted by Crippen LogP contribution is 1.40. The molecule has 0 fully saturated rings. The van der Waals surface area contributed by atoms with Crippen LogP contribution in [0, 0.1) is 0 Å². The zero-order valence-electron chi connectivity index (χ0n) is 2.88. The summed E-state index contributed by atoms with van der Waals surface area (Å²) in [6.45, 7) is 0. The van der Waals surface area contributed by atoms with Gasteiger partial charge in [0, 0.05) is 0 Å². The second kappa shape index (κ2) is 2.40. The lowest BCUT2D eigenvalue weighted by Gasteiger charge is -1.72. The van der Waals surface area contributed by atoms with Crippen LogP contribution in [0.3, 0.4) is 0 Å². The van der Waals surface area contributed by atoms with E-state index in [-0.39, 0.29) is 13.5 Å². The van der Waals surface area contributed by atoms with E-state index in [1.54, 1.807) is 0 Å². The van der Waals surface area contributed by atoms with Crippen molar-refractivity contribution < 1.29 is 8.42 Å². The summed E-state index contributed by atoms with van der Waals surface area (Å²) < 4.78 is 18.4. The molecule has 0 amide bonds. The molecule has 0 atom stereocenters. The van der Waals surface area contributed by atoms with Crippen LogP contribution in [0.2, 0.25) is 0 Å². The van der Waals surface area contributed by atoms with Gasteiger partial charge in [0.1, 0.15) is 0 Å². The van der Waals surface area contributed by atoms with Crippen molar-refractivity contribution in [1.82, 2.24) is 0 Å². The van der Waals surface area contributed by atoms with Gasteiger partial charge in [-0.2, -0.15) is 21.9 Å². The molecule has 0 aliphatic carbocycles. The van der Waals surface area contributed by atoms with E-state index in [9.17, 15) is 8.42 Å². The molecule has 0 radical (unpaired) electrons. The molecule has 0 heterocycles. The van der Waals surface area contributed by atoms with Crippen LogP contribution < -0.4 is 10.3 Å². The largest absolute Gasteiger partial charge is 0.271 e. The highest BCUT2D eigenvalue weighted by molar-refractivity contribution is 7.86. The quantitative estimate of drug-likeness (QED) is 0.408. The van der Waals surface area contributed by atoms with Crippen molar-refractivity contribution in [1.29, 1.82) is 0 Å². The number of hydrogen-bond acceptors (Lipinski definition) is 2. The van der Waals surface area contributed by atoms with Crippen LogP contribution in [0.15, 0.2) is 0 Å². The van der Waals surface area contributed by atoms with Crippen LogP contribution in [0.1, 0.15) is 0 Å². The summed E-state index contributed by atoms with van der Waals surface area (Å²) in [5, 5.41) is 8.21. The van der Waals surface area contributed by atoms with E-state index >= 15 is 0 Å². The van der Waals surface area contributed by atoms with Crippen molar-refractivity contribution in [2.45, 2.75) is 0 Å². The zero-order valence-corrected chi connectivity index (χ0v) is 4.70. The summed E-state index contributed by atoms with van der Waals surface area (Å²) in [5.74, 6) is 0. The van der Waals surface area contributed by atoms with Crippen LogP contribution in [0.4, 0.5) is 0 Å². The summed E-state index contributed by atoms with van der Waals surface area (Å²) in [7, 11) is -3.67. The van der Waals surface area contributed by atoms with Gasteiger partial charge in [-0.15, -0.1) is 0 Å².